The van der Waals surface area contributed by atoms with Crippen LogP contribution in [-0.2, 0) is 29.6 Å². The second-order valence-corrected chi connectivity index (χ2v) is 7.84. The molecule has 0 bridgehead atoms. The van der Waals surface area contributed by atoms with Crippen LogP contribution in [0.4, 0.5) is 0 Å². The molecule has 0 aliphatic heterocycles. The van der Waals surface area contributed by atoms with Crippen LogP contribution in [0, 0.1) is 0 Å². The molecule has 0 spiro atoms. The molecule has 0 aliphatic rings. The van der Waals surface area contributed by atoms with E-state index in [1.54, 1.807) is 25.2 Å². The SMILES string of the molecule is CCc1ccc(CO)cc1S(=O)(=O)N(C)Cc1cccs1. The molecule has 21 heavy (non-hydrogen) atoms. The van der Waals surface area contributed by atoms with E-state index in [1.807, 2.05) is 24.4 Å². The normalized spacial score (nSPS) is 12.0. The largest absolute Gasteiger partial charge is 0.392 e. The summed E-state index contributed by atoms with van der Waals surface area (Å²) in [6.45, 7) is 2.11. The lowest BCUT2D eigenvalue weighted by molar-refractivity contribution is 0.281. The van der Waals surface area contributed by atoms with Crippen molar-refractivity contribution < 1.29 is 13.5 Å². The van der Waals surface area contributed by atoms with Gasteiger partial charge in [0.05, 0.1) is 11.5 Å². The van der Waals surface area contributed by atoms with E-state index >= 15 is 0 Å². The van der Waals surface area contributed by atoms with Gasteiger partial charge in [0.25, 0.3) is 0 Å². The molecule has 4 nitrogen and oxygen atoms in total. The number of benzene rings is 1. The third kappa shape index (κ3) is 3.52. The number of thiophene rings is 1. The van der Waals surface area contributed by atoms with Crippen LogP contribution >= 0.6 is 11.3 Å². The number of aryl methyl sites for hydroxylation is 1. The fraction of sp³-hybridized carbons (Fsp3) is 0.333. The molecule has 114 valence electrons. The fourth-order valence-electron chi connectivity index (χ4n) is 2.10. The van der Waals surface area contributed by atoms with E-state index in [0.29, 0.717) is 18.5 Å². The second kappa shape index (κ2) is 6.70. The Kier molecular flexibility index (Phi) is 5.16. The van der Waals surface area contributed by atoms with Crippen LogP contribution in [0.1, 0.15) is 22.9 Å². The first-order valence-corrected chi connectivity index (χ1v) is 9.02. The summed E-state index contributed by atoms with van der Waals surface area (Å²) in [5.41, 5.74) is 1.38. The van der Waals surface area contributed by atoms with Gasteiger partial charge < -0.3 is 5.11 Å². The maximum absolute atomic E-state index is 12.8. The zero-order valence-electron chi connectivity index (χ0n) is 12.1. The summed E-state index contributed by atoms with van der Waals surface area (Å²) < 4.78 is 26.9. The zero-order chi connectivity index (χ0) is 15.5. The molecule has 0 saturated heterocycles. The van der Waals surface area contributed by atoms with E-state index in [0.717, 1.165) is 10.4 Å². The molecule has 1 aromatic heterocycles. The summed E-state index contributed by atoms with van der Waals surface area (Å²) in [4.78, 5) is 1.29. The summed E-state index contributed by atoms with van der Waals surface area (Å²) in [5.74, 6) is 0. The molecule has 1 aromatic carbocycles. The second-order valence-electron chi connectivity index (χ2n) is 4.79. The minimum atomic E-state index is -3.56. The van der Waals surface area contributed by atoms with E-state index in [-0.39, 0.29) is 11.5 Å². The number of nitrogens with zero attached hydrogens (tertiary/aromatic N) is 1. The van der Waals surface area contributed by atoms with Crippen molar-refractivity contribution in [2.24, 2.45) is 0 Å². The lowest BCUT2D eigenvalue weighted by atomic mass is 10.1. The number of hydrogen-bond acceptors (Lipinski definition) is 4. The summed E-state index contributed by atoms with van der Waals surface area (Å²) in [6.07, 6.45) is 0.632. The van der Waals surface area contributed by atoms with Gasteiger partial charge in [-0.15, -0.1) is 11.3 Å². The van der Waals surface area contributed by atoms with Crippen LogP contribution in [-0.4, -0.2) is 24.9 Å². The molecule has 0 fully saturated rings. The van der Waals surface area contributed by atoms with Crippen LogP contribution in [0.3, 0.4) is 0 Å². The zero-order valence-corrected chi connectivity index (χ0v) is 13.7. The van der Waals surface area contributed by atoms with E-state index in [4.69, 9.17) is 0 Å². The fourth-order valence-corrected chi connectivity index (χ4v) is 4.43. The van der Waals surface area contributed by atoms with Gasteiger partial charge in [-0.25, -0.2) is 8.42 Å². The Labute approximate surface area is 129 Å². The van der Waals surface area contributed by atoms with Crippen molar-refractivity contribution in [2.75, 3.05) is 7.05 Å². The lowest BCUT2D eigenvalue weighted by Gasteiger charge is -2.19. The Hall–Kier alpha value is -1.21. The standard InChI is InChI=1S/C15H19NO3S2/c1-3-13-7-6-12(11-17)9-15(13)21(18,19)16(2)10-14-5-4-8-20-14/h4-9,17H,3,10-11H2,1-2H3. The van der Waals surface area contributed by atoms with E-state index in [9.17, 15) is 13.5 Å². The van der Waals surface area contributed by atoms with Crippen LogP contribution in [0.2, 0.25) is 0 Å². The summed E-state index contributed by atoms with van der Waals surface area (Å²) in [6, 6.07) is 8.93. The highest BCUT2D eigenvalue weighted by molar-refractivity contribution is 7.89. The Bertz CT molecular complexity index is 694. The van der Waals surface area contributed by atoms with Gasteiger partial charge in [0.15, 0.2) is 0 Å². The molecule has 2 rings (SSSR count). The first kappa shape index (κ1) is 16.2. The molecule has 0 amide bonds. The van der Waals surface area contributed by atoms with Crippen molar-refractivity contribution in [2.45, 2.75) is 31.4 Å². The lowest BCUT2D eigenvalue weighted by Crippen LogP contribution is -2.27. The van der Waals surface area contributed by atoms with Gasteiger partial charge >= 0.3 is 0 Å². The van der Waals surface area contributed by atoms with Gasteiger partial charge in [-0.2, -0.15) is 4.31 Å². The van der Waals surface area contributed by atoms with E-state index < -0.39 is 10.0 Å². The molecule has 0 unspecified atom stereocenters. The van der Waals surface area contributed by atoms with E-state index in [2.05, 4.69) is 0 Å². The Morgan fingerprint density at radius 3 is 2.62 bits per heavy atom. The van der Waals surface area contributed by atoms with Crippen molar-refractivity contribution in [3.8, 4) is 0 Å². The average molecular weight is 325 g/mol. The van der Waals surface area contributed by atoms with Gasteiger partial charge in [-0.1, -0.05) is 25.1 Å². The van der Waals surface area contributed by atoms with Crippen molar-refractivity contribution in [1.29, 1.82) is 0 Å². The van der Waals surface area contributed by atoms with Gasteiger partial charge in [-0.3, -0.25) is 0 Å². The Morgan fingerprint density at radius 1 is 1.29 bits per heavy atom. The average Bonchev–Trinajstić information content (AvgIpc) is 2.99. The molecule has 0 atom stereocenters. The van der Waals surface area contributed by atoms with Crippen molar-refractivity contribution in [3.63, 3.8) is 0 Å². The summed E-state index contributed by atoms with van der Waals surface area (Å²) in [5, 5.41) is 11.2. The Balaban J connectivity index is 2.38. The topological polar surface area (TPSA) is 57.6 Å². The minimum absolute atomic E-state index is 0.166. The van der Waals surface area contributed by atoms with Crippen molar-refractivity contribution >= 4 is 21.4 Å². The maximum Gasteiger partial charge on any atom is 0.243 e. The molecule has 6 heteroatoms. The molecule has 0 radical (unpaired) electrons. The number of sulfonamides is 1. The van der Waals surface area contributed by atoms with Gasteiger partial charge in [0.1, 0.15) is 0 Å². The predicted molar refractivity (Wildman–Crippen MR) is 84.7 cm³/mol. The molecule has 0 aliphatic carbocycles. The highest BCUT2D eigenvalue weighted by atomic mass is 32.2. The smallest absolute Gasteiger partial charge is 0.243 e. The third-order valence-corrected chi connectivity index (χ3v) is 6.09. The van der Waals surface area contributed by atoms with Crippen LogP contribution in [0.15, 0.2) is 40.6 Å². The van der Waals surface area contributed by atoms with Crippen molar-refractivity contribution in [3.05, 3.63) is 51.7 Å². The molecular formula is C15H19NO3S2. The van der Waals surface area contributed by atoms with Crippen LogP contribution in [0.5, 0.6) is 0 Å². The van der Waals surface area contributed by atoms with Gasteiger partial charge in [-0.05, 0) is 35.1 Å². The number of hydrogen-bond donors (Lipinski definition) is 1. The van der Waals surface area contributed by atoms with Crippen molar-refractivity contribution in [1.82, 2.24) is 4.31 Å². The van der Waals surface area contributed by atoms with Gasteiger partial charge in [0.2, 0.25) is 10.0 Å². The molecule has 1 heterocycles. The summed E-state index contributed by atoms with van der Waals surface area (Å²) >= 11 is 1.53. The predicted octanol–water partition coefficient (Wildman–Crippen LogP) is 2.62. The molecule has 0 saturated carbocycles. The third-order valence-electron chi connectivity index (χ3n) is 3.34. The highest BCUT2D eigenvalue weighted by Crippen LogP contribution is 2.24. The molecule has 2 aromatic rings. The monoisotopic (exact) mass is 325 g/mol. The van der Waals surface area contributed by atoms with Crippen LogP contribution in [0.25, 0.3) is 0 Å². The Morgan fingerprint density at radius 2 is 2.05 bits per heavy atom. The minimum Gasteiger partial charge on any atom is -0.392 e. The van der Waals surface area contributed by atoms with Gasteiger partial charge in [0, 0.05) is 18.5 Å². The van der Waals surface area contributed by atoms with Crippen LogP contribution < -0.4 is 0 Å². The molecule has 1 N–H and O–H groups in total. The first-order valence-electron chi connectivity index (χ1n) is 6.70. The number of aliphatic hydroxyl groups excluding tert-OH is 1. The highest BCUT2D eigenvalue weighted by Gasteiger charge is 2.24. The maximum atomic E-state index is 12.8. The molecular weight excluding hydrogens is 306 g/mol. The quantitative estimate of drug-likeness (QED) is 0.888. The summed E-state index contributed by atoms with van der Waals surface area (Å²) in [7, 11) is -1.98. The number of aliphatic hydroxyl groups is 1. The number of rotatable bonds is 6. The van der Waals surface area contributed by atoms with E-state index in [1.165, 1.54) is 15.6 Å². The first-order chi connectivity index (χ1) is 9.98.